The van der Waals surface area contributed by atoms with E-state index in [-0.39, 0.29) is 12.4 Å². The highest BCUT2D eigenvalue weighted by molar-refractivity contribution is 5.81. The molecule has 0 saturated heterocycles. The van der Waals surface area contributed by atoms with Gasteiger partial charge in [0.05, 0.1) is 6.61 Å². The average molecular weight is 553 g/mol. The smallest absolute Gasteiger partial charge is 0.432 e. The van der Waals surface area contributed by atoms with Gasteiger partial charge in [0.15, 0.2) is 0 Å². The van der Waals surface area contributed by atoms with E-state index in [4.69, 9.17) is 14.2 Å². The predicted octanol–water partition coefficient (Wildman–Crippen LogP) is 8.45. The molecule has 0 N–H and O–H groups in total. The number of hydrogen-bond acceptors (Lipinski definition) is 4. The third kappa shape index (κ3) is 12.2. The minimum absolute atomic E-state index is 0.168. The normalized spacial score (nSPS) is 11.4. The Kier molecular flexibility index (Phi) is 14.6. The molecule has 0 bridgehead atoms. The lowest BCUT2D eigenvalue weighted by Crippen LogP contribution is -2.25. The minimum Gasteiger partial charge on any atom is -0.463 e. The van der Waals surface area contributed by atoms with Crippen molar-refractivity contribution in [2.75, 3.05) is 19.8 Å². The van der Waals surface area contributed by atoms with Crippen molar-refractivity contribution in [2.45, 2.75) is 83.7 Å². The van der Waals surface area contributed by atoms with Gasteiger partial charge < -0.3 is 14.2 Å². The lowest BCUT2D eigenvalue weighted by atomic mass is 10.0. The van der Waals surface area contributed by atoms with E-state index in [1.54, 1.807) is 12.1 Å². The highest BCUT2D eigenvalue weighted by Gasteiger charge is 2.41. The van der Waals surface area contributed by atoms with Crippen LogP contribution < -0.4 is 4.74 Å². The first-order valence-corrected chi connectivity index (χ1v) is 13.8. The number of carbonyl (C=O) groups excluding carboxylic acids is 1. The zero-order chi connectivity index (χ0) is 28.5. The molecule has 39 heavy (non-hydrogen) atoms. The first kappa shape index (κ1) is 32.3. The van der Waals surface area contributed by atoms with Gasteiger partial charge in [0, 0.05) is 19.3 Å². The van der Waals surface area contributed by atoms with Crippen molar-refractivity contribution < 1.29 is 36.6 Å². The number of aryl methyl sites for hydroxylation is 2. The van der Waals surface area contributed by atoms with Crippen LogP contribution in [0, 0.1) is 11.6 Å². The maximum atomic E-state index is 14.7. The zero-order valence-corrected chi connectivity index (χ0v) is 22.8. The van der Waals surface area contributed by atoms with Gasteiger partial charge in [0.25, 0.3) is 0 Å². The summed E-state index contributed by atoms with van der Waals surface area (Å²) in [5.74, 6) is -3.34. The van der Waals surface area contributed by atoms with Gasteiger partial charge in [0.2, 0.25) is 0 Å². The molecule has 0 aliphatic carbocycles. The molecule has 0 amide bonds. The van der Waals surface area contributed by atoms with Crippen molar-refractivity contribution in [1.29, 1.82) is 0 Å². The van der Waals surface area contributed by atoms with E-state index in [2.05, 4.69) is 13.5 Å². The van der Waals surface area contributed by atoms with Crippen LogP contribution in [0.1, 0.15) is 81.4 Å². The molecule has 2 aromatic carbocycles. The van der Waals surface area contributed by atoms with Crippen LogP contribution in [0.5, 0.6) is 5.75 Å². The van der Waals surface area contributed by atoms with Gasteiger partial charge in [-0.1, -0.05) is 51.3 Å². The molecule has 4 nitrogen and oxygen atoms in total. The Bertz CT molecular complexity index is 985. The van der Waals surface area contributed by atoms with E-state index >= 15 is 0 Å². The fourth-order valence-electron chi connectivity index (χ4n) is 4.12. The van der Waals surface area contributed by atoms with Gasteiger partial charge in [-0.25, -0.2) is 13.6 Å². The number of halogens is 4. The first-order chi connectivity index (χ1) is 18.8. The van der Waals surface area contributed by atoms with E-state index in [9.17, 15) is 22.4 Å². The number of hydrogen-bond donors (Lipinski definition) is 0. The molecule has 2 aromatic rings. The number of ether oxygens (including phenoxy) is 3. The summed E-state index contributed by atoms with van der Waals surface area (Å²) < 4.78 is 73.7. The molecule has 0 spiro atoms. The van der Waals surface area contributed by atoms with Gasteiger partial charge in [-0.3, -0.25) is 0 Å². The van der Waals surface area contributed by atoms with Crippen molar-refractivity contribution in [3.63, 3.8) is 0 Å². The lowest BCUT2D eigenvalue weighted by Gasteiger charge is -2.20. The van der Waals surface area contributed by atoms with Crippen molar-refractivity contribution >= 4 is 5.97 Å². The molecule has 2 rings (SSSR count). The van der Waals surface area contributed by atoms with E-state index in [1.807, 2.05) is 0 Å². The SMILES string of the molecule is C=CC(=O)OCCCCCCc1cc(F)c(C(F)(F)Oc2ccc(CCCCCCOCCC)cc2)c(F)c1. The molecular formula is C31H40F4O4. The topological polar surface area (TPSA) is 44.8 Å². The Hall–Kier alpha value is -2.87. The number of carbonyl (C=O) groups is 1. The van der Waals surface area contributed by atoms with E-state index in [1.165, 1.54) is 12.1 Å². The molecule has 0 unspecified atom stereocenters. The van der Waals surface area contributed by atoms with Crippen molar-refractivity contribution in [1.82, 2.24) is 0 Å². The fraction of sp³-hybridized carbons (Fsp3) is 0.516. The number of rotatable bonds is 20. The Morgan fingerprint density at radius 2 is 1.38 bits per heavy atom. The fourth-order valence-corrected chi connectivity index (χ4v) is 4.12. The summed E-state index contributed by atoms with van der Waals surface area (Å²) in [4.78, 5) is 11.0. The van der Waals surface area contributed by atoms with Crippen LogP contribution >= 0.6 is 0 Å². The van der Waals surface area contributed by atoms with Crippen molar-refractivity contribution in [3.8, 4) is 5.75 Å². The quantitative estimate of drug-likeness (QED) is 0.0716. The monoisotopic (exact) mass is 552 g/mol. The van der Waals surface area contributed by atoms with E-state index in [0.717, 1.165) is 88.4 Å². The van der Waals surface area contributed by atoms with Crippen molar-refractivity contribution in [3.05, 3.63) is 77.4 Å². The second-order valence-corrected chi connectivity index (χ2v) is 9.51. The Morgan fingerprint density at radius 3 is 1.97 bits per heavy atom. The van der Waals surface area contributed by atoms with E-state index in [0.29, 0.717) is 24.8 Å². The van der Waals surface area contributed by atoms with Crippen LogP contribution in [0.25, 0.3) is 0 Å². The third-order valence-electron chi connectivity index (χ3n) is 6.19. The second-order valence-electron chi connectivity index (χ2n) is 9.51. The Morgan fingerprint density at radius 1 is 0.821 bits per heavy atom. The standard InChI is InChI=1S/C31H40F4O4/c1-3-19-37-20-11-7-5-9-13-24-15-17-26(18-16-24)39-31(34,35)30-27(32)22-25(23-28(30)33)14-10-6-8-12-21-38-29(36)4-2/h4,15-18,22-23H,2-3,5-14,19-21H2,1H3. The second kappa shape index (κ2) is 17.7. The van der Waals surface area contributed by atoms with Crippen LogP contribution in [-0.2, 0) is 33.2 Å². The average Bonchev–Trinajstić information content (AvgIpc) is 2.89. The molecule has 0 radical (unpaired) electrons. The first-order valence-electron chi connectivity index (χ1n) is 13.8. The molecular weight excluding hydrogens is 512 g/mol. The molecule has 0 fully saturated rings. The van der Waals surface area contributed by atoms with Crippen LogP contribution in [-0.4, -0.2) is 25.8 Å². The largest absolute Gasteiger partial charge is 0.463 e. The van der Waals surface area contributed by atoms with Gasteiger partial charge in [-0.05, 0) is 80.3 Å². The summed E-state index contributed by atoms with van der Waals surface area (Å²) in [6.45, 7) is 7.22. The summed E-state index contributed by atoms with van der Waals surface area (Å²) >= 11 is 0. The number of esters is 1. The van der Waals surface area contributed by atoms with Crippen LogP contribution in [0.4, 0.5) is 17.6 Å². The Balaban J connectivity index is 1.80. The van der Waals surface area contributed by atoms with Gasteiger partial charge in [-0.15, -0.1) is 0 Å². The molecule has 216 valence electrons. The van der Waals surface area contributed by atoms with Crippen LogP contribution in [0.2, 0.25) is 0 Å². The number of benzene rings is 2. The highest BCUT2D eigenvalue weighted by Crippen LogP contribution is 2.35. The molecule has 0 atom stereocenters. The minimum atomic E-state index is -4.17. The third-order valence-corrected chi connectivity index (χ3v) is 6.19. The van der Waals surface area contributed by atoms with Crippen LogP contribution in [0.15, 0.2) is 49.1 Å². The molecule has 0 aromatic heterocycles. The van der Waals surface area contributed by atoms with Crippen molar-refractivity contribution in [2.24, 2.45) is 0 Å². The van der Waals surface area contributed by atoms with Gasteiger partial charge >= 0.3 is 12.1 Å². The summed E-state index contributed by atoms with van der Waals surface area (Å²) in [6, 6.07) is 8.03. The van der Waals surface area contributed by atoms with Gasteiger partial charge in [0.1, 0.15) is 22.9 Å². The molecule has 8 heteroatoms. The zero-order valence-electron chi connectivity index (χ0n) is 22.8. The van der Waals surface area contributed by atoms with E-state index < -0.39 is 29.3 Å². The summed E-state index contributed by atoms with van der Waals surface area (Å²) in [5.41, 5.74) is -0.129. The maximum absolute atomic E-state index is 14.7. The number of alkyl halides is 2. The lowest BCUT2D eigenvalue weighted by molar-refractivity contribution is -0.189. The number of unbranched alkanes of at least 4 members (excludes halogenated alkanes) is 6. The predicted molar refractivity (Wildman–Crippen MR) is 144 cm³/mol. The van der Waals surface area contributed by atoms with Gasteiger partial charge in [-0.2, -0.15) is 8.78 Å². The Labute approximate surface area is 229 Å². The molecule has 0 aliphatic rings. The summed E-state index contributed by atoms with van der Waals surface area (Å²) in [7, 11) is 0. The summed E-state index contributed by atoms with van der Waals surface area (Å²) in [5, 5.41) is 0. The molecule has 0 heterocycles. The summed E-state index contributed by atoms with van der Waals surface area (Å²) in [6.07, 6.45) is 5.95. The highest BCUT2D eigenvalue weighted by atomic mass is 19.3. The maximum Gasteiger partial charge on any atom is 0.432 e. The molecule has 0 aliphatic heterocycles. The molecule has 0 saturated carbocycles. The van der Waals surface area contributed by atoms with Crippen LogP contribution in [0.3, 0.4) is 0 Å².